The number of nitrogens with two attached hydrogens (primary N) is 1. The monoisotopic (exact) mass is 1060 g/mol. The van der Waals surface area contributed by atoms with Crippen LogP contribution in [0.1, 0.15) is 173 Å². The summed E-state index contributed by atoms with van der Waals surface area (Å²) in [5.74, 6) is 0.561. The molecule has 0 aliphatic heterocycles. The molecule has 0 amide bonds. The molecule has 1 heterocycles. The first-order valence-corrected chi connectivity index (χ1v) is 30.9. The van der Waals surface area contributed by atoms with Crippen molar-refractivity contribution in [3.05, 3.63) is 18.3 Å². The van der Waals surface area contributed by atoms with Gasteiger partial charge in [-0.3, -0.25) is 18.5 Å². The highest BCUT2D eigenvalue weighted by molar-refractivity contribution is 7.72. The van der Waals surface area contributed by atoms with Crippen LogP contribution in [0.3, 0.4) is 0 Å². The van der Waals surface area contributed by atoms with Gasteiger partial charge in [-0.2, -0.15) is 0 Å². The zero-order valence-corrected chi connectivity index (χ0v) is 49.0. The fourth-order valence-electron chi connectivity index (χ4n) is 6.77. The predicted molar refractivity (Wildman–Crippen MR) is 293 cm³/mol. The van der Waals surface area contributed by atoms with Gasteiger partial charge in [0.05, 0.1) is 54.6 Å². The summed E-state index contributed by atoms with van der Waals surface area (Å²) in [5.41, 5.74) is 8.86. The lowest BCUT2D eigenvalue weighted by Gasteiger charge is -2.27. The van der Waals surface area contributed by atoms with Gasteiger partial charge in [0.2, 0.25) is 0 Å². The Morgan fingerprint density at radius 3 is 1.77 bits per heavy atom. The van der Waals surface area contributed by atoms with Crippen molar-refractivity contribution in [2.24, 2.45) is 9.98 Å². The summed E-state index contributed by atoms with van der Waals surface area (Å²) in [6, 6.07) is 6.09. The molecule has 2 fully saturated rings. The van der Waals surface area contributed by atoms with Crippen LogP contribution in [0.2, 0.25) is 0 Å². The van der Waals surface area contributed by atoms with Crippen molar-refractivity contribution in [3.8, 4) is 0 Å². The number of amidine groups is 2. The Morgan fingerprint density at radius 2 is 1.29 bits per heavy atom. The summed E-state index contributed by atoms with van der Waals surface area (Å²) < 4.78 is 70.7. The highest BCUT2D eigenvalue weighted by Crippen LogP contribution is 2.72. The van der Waals surface area contributed by atoms with Crippen LogP contribution in [0.15, 0.2) is 28.3 Å². The van der Waals surface area contributed by atoms with Gasteiger partial charge in [-0.15, -0.1) is 0 Å². The minimum absolute atomic E-state index is 0. The van der Waals surface area contributed by atoms with Crippen LogP contribution in [0, 0.1) is 0 Å². The Morgan fingerprint density at radius 1 is 0.757 bits per heavy atom. The fourth-order valence-corrected chi connectivity index (χ4v) is 14.5. The molecular formula is C48H102N9O10P3. The molecule has 2 saturated carbocycles. The largest absolute Gasteiger partial charge is 0.463 e. The Bertz CT molecular complexity index is 1660. The second-order valence-corrected chi connectivity index (χ2v) is 25.5. The van der Waals surface area contributed by atoms with Gasteiger partial charge in [-0.1, -0.05) is 59.3 Å². The first-order valence-electron chi connectivity index (χ1n) is 25.7. The van der Waals surface area contributed by atoms with Crippen LogP contribution in [0.25, 0.3) is 0 Å². The van der Waals surface area contributed by atoms with E-state index in [4.69, 9.17) is 42.7 Å². The smallest absolute Gasteiger partial charge is 0.344 e. The van der Waals surface area contributed by atoms with E-state index in [2.05, 4.69) is 58.9 Å². The van der Waals surface area contributed by atoms with Gasteiger partial charge in [0.25, 0.3) is 12.0 Å². The van der Waals surface area contributed by atoms with Crippen molar-refractivity contribution < 1.29 is 45.7 Å². The van der Waals surface area contributed by atoms with Gasteiger partial charge in [0, 0.05) is 32.4 Å². The zero-order valence-electron chi connectivity index (χ0n) is 46.3. The number of nitrogen functional groups attached to an aromatic ring is 1. The molecule has 3 unspecified atom stereocenters. The number of aliphatic imine (C=N–C) groups is 2. The number of anilines is 2. The molecule has 414 valence electrons. The van der Waals surface area contributed by atoms with Crippen molar-refractivity contribution in [2.45, 2.75) is 209 Å². The van der Waals surface area contributed by atoms with Crippen LogP contribution in [-0.4, -0.2) is 118 Å². The number of aromatic nitrogens is 1. The van der Waals surface area contributed by atoms with Crippen molar-refractivity contribution >= 4 is 46.3 Å². The fraction of sp³-hybridized carbons (Fsp3) is 0.854. The quantitative estimate of drug-likeness (QED) is 0.0201. The normalized spacial score (nSPS) is 17.4. The Labute approximate surface area is 425 Å². The number of pyridine rings is 1. The van der Waals surface area contributed by atoms with Gasteiger partial charge < -0.3 is 45.9 Å². The lowest BCUT2D eigenvalue weighted by Crippen LogP contribution is -2.39. The Kier molecular flexibility index (Phi) is 40.0. The molecule has 1 aromatic heterocycles. The van der Waals surface area contributed by atoms with Crippen LogP contribution < -0.4 is 28.0 Å². The standard InChI is InChI=1S/C16H30N2O.C13H31O7P3.C11H25N3O.C8H13N3O.H3N/c1-13(2)19-16(17-14-9-5-3-6-10-14)18-15-11-7-4-8-12-15;1-7-10-21(14,17-6)19-23(16,12-9-3)20-22(15,11-8-2)18-13(4)5;1-6-12-11(15-10(2)3)13-8-7-9-14(4)5;1-6(2)12-11-8-7(9)4-3-5-10-8;/h13-15H,3-12H2,1-2H3,(H,17,18);13H,7-12H2,1-6H3;10H,6-9H2,1-5H3,(H,12,13);3-6H,9H2,1-2H3,(H,10,11);1H3. The van der Waals surface area contributed by atoms with E-state index in [1.54, 1.807) is 39.1 Å². The third-order valence-electron chi connectivity index (χ3n) is 9.72. The van der Waals surface area contributed by atoms with Gasteiger partial charge >= 0.3 is 22.8 Å². The summed E-state index contributed by atoms with van der Waals surface area (Å²) in [7, 11) is -5.66. The molecule has 3 rings (SSSR count). The summed E-state index contributed by atoms with van der Waals surface area (Å²) >= 11 is 0. The summed E-state index contributed by atoms with van der Waals surface area (Å²) in [4.78, 5) is 20.5. The Hall–Kier alpha value is -2.30. The van der Waals surface area contributed by atoms with E-state index in [9.17, 15) is 13.7 Å². The number of hydrogen-bond donors (Lipinski definition) is 5. The average Bonchev–Trinajstić information content (AvgIpc) is 3.25. The van der Waals surface area contributed by atoms with Crippen molar-refractivity contribution in [1.29, 1.82) is 0 Å². The molecule has 2 aliphatic rings. The first-order chi connectivity index (χ1) is 32.6. The predicted octanol–water partition coefficient (Wildman–Crippen LogP) is 12.8. The zero-order chi connectivity index (χ0) is 52.3. The SMILES string of the molecule is CC(C)OC(=NC1CCCCC1)NC1CCCCC1.CC(C)ONc1ncccc1N.CCCP(=O)(OC)OP(=O)(CCC)OP(=O)(CCC)OC(C)C.CCNC(=NCCCN(C)C)OC(C)C.N. The van der Waals surface area contributed by atoms with E-state index in [1.807, 2.05) is 48.5 Å². The lowest BCUT2D eigenvalue weighted by molar-refractivity contribution is 0.129. The molecular weight excluding hydrogens is 956 g/mol. The second-order valence-electron chi connectivity index (χ2n) is 18.6. The van der Waals surface area contributed by atoms with Gasteiger partial charge in [-0.25, -0.2) is 29.1 Å². The van der Waals surface area contributed by atoms with E-state index in [0.717, 1.165) is 32.1 Å². The molecule has 1 aromatic rings. The van der Waals surface area contributed by atoms with E-state index < -0.39 is 22.8 Å². The lowest BCUT2D eigenvalue weighted by atomic mass is 9.95. The number of rotatable bonds is 25. The van der Waals surface area contributed by atoms with Crippen LogP contribution in [0.5, 0.6) is 0 Å². The molecule has 19 nitrogen and oxygen atoms in total. The van der Waals surface area contributed by atoms with E-state index in [-0.39, 0.29) is 49.1 Å². The van der Waals surface area contributed by atoms with Crippen LogP contribution in [0.4, 0.5) is 11.5 Å². The molecule has 2 aliphatic carbocycles. The third-order valence-corrected chi connectivity index (χ3v) is 18.0. The second kappa shape index (κ2) is 40.1. The minimum Gasteiger partial charge on any atom is -0.463 e. The average molecular weight is 1060 g/mol. The minimum atomic E-state index is -3.87. The van der Waals surface area contributed by atoms with Gasteiger partial charge in [0.1, 0.15) is 0 Å². The van der Waals surface area contributed by atoms with Crippen molar-refractivity contribution in [3.63, 3.8) is 0 Å². The first kappa shape index (κ1) is 69.8. The maximum atomic E-state index is 13.0. The van der Waals surface area contributed by atoms with Gasteiger partial charge in [-0.05, 0) is 146 Å². The topological polar surface area (TPSA) is 254 Å². The summed E-state index contributed by atoms with van der Waals surface area (Å²) in [5, 5.41) is 6.68. The third kappa shape index (κ3) is 35.8. The Balaban J connectivity index is 0. The highest BCUT2D eigenvalue weighted by Gasteiger charge is 2.42. The molecule has 0 aromatic carbocycles. The number of hydrogen-bond acceptors (Lipinski definition) is 17. The number of ether oxygens (including phenoxy) is 2. The van der Waals surface area contributed by atoms with E-state index in [0.29, 0.717) is 48.9 Å². The number of nitrogens with one attached hydrogen (secondary N) is 3. The van der Waals surface area contributed by atoms with E-state index in [1.165, 1.54) is 71.3 Å². The summed E-state index contributed by atoms with van der Waals surface area (Å²) in [6.45, 7) is 25.6. The van der Waals surface area contributed by atoms with Crippen LogP contribution in [-0.2, 0) is 45.7 Å². The molecule has 70 heavy (non-hydrogen) atoms. The van der Waals surface area contributed by atoms with Crippen molar-refractivity contribution in [2.75, 3.05) is 70.5 Å². The molecule has 22 heteroatoms. The van der Waals surface area contributed by atoms with Crippen LogP contribution >= 0.6 is 22.8 Å². The van der Waals surface area contributed by atoms with Gasteiger partial charge in [0.15, 0.2) is 5.82 Å². The van der Waals surface area contributed by atoms with E-state index >= 15 is 0 Å². The molecule has 3 atom stereocenters. The summed E-state index contributed by atoms with van der Waals surface area (Å²) in [6.07, 6.45) is 17.7. The van der Waals surface area contributed by atoms with Crippen molar-refractivity contribution in [1.82, 2.24) is 26.7 Å². The number of nitrogens with zero attached hydrogens (tertiary/aromatic N) is 4. The molecule has 0 saturated heterocycles. The maximum Gasteiger partial charge on any atom is 0.344 e. The highest BCUT2D eigenvalue weighted by atomic mass is 31.3. The molecule has 8 N–H and O–H groups in total. The molecule has 0 radical (unpaired) electrons. The molecule has 0 spiro atoms. The molecule has 0 bridgehead atoms. The maximum absolute atomic E-state index is 13.0.